The van der Waals surface area contributed by atoms with Crippen LogP contribution in [-0.4, -0.2) is 47.9 Å². The average molecular weight is 260 g/mol. The van der Waals surface area contributed by atoms with E-state index in [2.05, 4.69) is 4.90 Å². The van der Waals surface area contributed by atoms with Gasteiger partial charge in [0.15, 0.2) is 5.76 Å². The fraction of sp³-hybridized carbons (Fsp3) is 0.667. The first-order chi connectivity index (χ1) is 9.29. The molecule has 2 aliphatic heterocycles. The minimum Gasteiger partial charge on any atom is -0.459 e. The molecule has 4 nitrogen and oxygen atoms in total. The van der Waals surface area contributed by atoms with Gasteiger partial charge in [-0.05, 0) is 43.2 Å². The first-order valence-corrected chi connectivity index (χ1v) is 7.36. The van der Waals surface area contributed by atoms with Gasteiger partial charge in [-0.1, -0.05) is 0 Å². The standard InChI is InChI=1S/C15H20N2O2/c18-15(14-2-1-5-19-14)17-9-12-6-13(10-17)16(8-12)7-11-3-4-11/h1-2,5,11-13H,3-4,6-10H2. The van der Waals surface area contributed by atoms with Gasteiger partial charge in [0.05, 0.1) is 6.26 Å². The van der Waals surface area contributed by atoms with Crippen molar-refractivity contribution < 1.29 is 9.21 Å². The third-order valence-corrected chi connectivity index (χ3v) is 4.73. The smallest absolute Gasteiger partial charge is 0.289 e. The van der Waals surface area contributed by atoms with Crippen LogP contribution in [0.2, 0.25) is 0 Å². The Hall–Kier alpha value is -1.29. The number of hydrogen-bond acceptors (Lipinski definition) is 3. The zero-order valence-electron chi connectivity index (χ0n) is 11.1. The van der Waals surface area contributed by atoms with E-state index in [1.54, 1.807) is 18.4 Å². The van der Waals surface area contributed by atoms with Gasteiger partial charge >= 0.3 is 0 Å². The Labute approximate surface area is 113 Å². The van der Waals surface area contributed by atoms with Crippen LogP contribution in [0.3, 0.4) is 0 Å². The van der Waals surface area contributed by atoms with E-state index in [1.807, 2.05) is 4.90 Å². The van der Waals surface area contributed by atoms with Crippen molar-refractivity contribution in [1.82, 2.24) is 9.80 Å². The summed E-state index contributed by atoms with van der Waals surface area (Å²) in [7, 11) is 0. The lowest BCUT2D eigenvalue weighted by Gasteiger charge is -2.32. The highest BCUT2D eigenvalue weighted by Gasteiger charge is 2.42. The third-order valence-electron chi connectivity index (χ3n) is 4.73. The van der Waals surface area contributed by atoms with Crippen LogP contribution in [-0.2, 0) is 0 Å². The van der Waals surface area contributed by atoms with E-state index in [0.717, 1.165) is 19.0 Å². The molecule has 0 radical (unpaired) electrons. The van der Waals surface area contributed by atoms with E-state index in [1.165, 1.54) is 32.4 Å². The zero-order chi connectivity index (χ0) is 12.8. The molecule has 3 aliphatic rings. The summed E-state index contributed by atoms with van der Waals surface area (Å²) < 4.78 is 5.24. The molecule has 4 rings (SSSR count). The van der Waals surface area contributed by atoms with Crippen molar-refractivity contribution in [2.75, 3.05) is 26.2 Å². The molecule has 102 valence electrons. The molecule has 4 heteroatoms. The number of rotatable bonds is 3. The van der Waals surface area contributed by atoms with Crippen molar-refractivity contribution in [3.8, 4) is 0 Å². The predicted octanol–water partition coefficient (Wildman–Crippen LogP) is 1.84. The number of fused-ring (bicyclic) bond motifs is 2. The molecule has 2 bridgehead atoms. The second-order valence-corrected chi connectivity index (χ2v) is 6.34. The van der Waals surface area contributed by atoms with E-state index in [4.69, 9.17) is 4.42 Å². The molecule has 1 aliphatic carbocycles. The summed E-state index contributed by atoms with van der Waals surface area (Å²) in [6.07, 6.45) is 5.66. The van der Waals surface area contributed by atoms with Crippen LogP contribution in [0.15, 0.2) is 22.8 Å². The lowest BCUT2D eigenvalue weighted by Crippen LogP contribution is -2.45. The van der Waals surface area contributed by atoms with E-state index < -0.39 is 0 Å². The van der Waals surface area contributed by atoms with Crippen LogP contribution < -0.4 is 0 Å². The number of furan rings is 1. The maximum atomic E-state index is 12.3. The minimum atomic E-state index is 0.0629. The number of carbonyl (C=O) groups is 1. The van der Waals surface area contributed by atoms with Gasteiger partial charge in [0.25, 0.3) is 5.91 Å². The summed E-state index contributed by atoms with van der Waals surface area (Å²) in [4.78, 5) is 16.9. The fourth-order valence-electron chi connectivity index (χ4n) is 3.63. The monoisotopic (exact) mass is 260 g/mol. The van der Waals surface area contributed by atoms with Crippen LogP contribution in [0.25, 0.3) is 0 Å². The van der Waals surface area contributed by atoms with E-state index in [0.29, 0.717) is 17.7 Å². The quantitative estimate of drug-likeness (QED) is 0.832. The fourth-order valence-corrected chi connectivity index (χ4v) is 3.63. The predicted molar refractivity (Wildman–Crippen MR) is 70.8 cm³/mol. The van der Waals surface area contributed by atoms with Crippen LogP contribution in [0.5, 0.6) is 0 Å². The molecule has 2 atom stereocenters. The summed E-state index contributed by atoms with van der Waals surface area (Å²) in [6, 6.07) is 4.13. The summed E-state index contributed by atoms with van der Waals surface area (Å²) in [5.41, 5.74) is 0. The number of hydrogen-bond donors (Lipinski definition) is 0. The van der Waals surface area contributed by atoms with Gasteiger partial charge in [-0.25, -0.2) is 0 Å². The van der Waals surface area contributed by atoms with Gasteiger partial charge < -0.3 is 9.32 Å². The van der Waals surface area contributed by atoms with Gasteiger partial charge in [-0.2, -0.15) is 0 Å². The normalized spacial score (nSPS) is 30.8. The molecule has 2 saturated heterocycles. The molecule has 0 aromatic carbocycles. The van der Waals surface area contributed by atoms with Crippen LogP contribution in [0.4, 0.5) is 0 Å². The van der Waals surface area contributed by atoms with Crippen molar-refractivity contribution in [3.63, 3.8) is 0 Å². The zero-order valence-corrected chi connectivity index (χ0v) is 11.1. The summed E-state index contributed by atoms with van der Waals surface area (Å²) >= 11 is 0. The Bertz CT molecular complexity index is 466. The maximum Gasteiger partial charge on any atom is 0.289 e. The highest BCUT2D eigenvalue weighted by Crippen LogP contribution is 2.36. The Morgan fingerprint density at radius 2 is 2.21 bits per heavy atom. The summed E-state index contributed by atoms with van der Waals surface area (Å²) in [5, 5.41) is 0. The van der Waals surface area contributed by atoms with E-state index in [9.17, 15) is 4.79 Å². The lowest BCUT2D eigenvalue weighted by molar-refractivity contribution is 0.0636. The van der Waals surface area contributed by atoms with Crippen LogP contribution in [0, 0.1) is 11.8 Å². The summed E-state index contributed by atoms with van der Waals surface area (Å²) in [6.45, 7) is 4.22. The topological polar surface area (TPSA) is 36.7 Å². The van der Waals surface area contributed by atoms with Gasteiger partial charge in [0.1, 0.15) is 0 Å². The molecule has 3 heterocycles. The number of amides is 1. The van der Waals surface area contributed by atoms with E-state index in [-0.39, 0.29) is 5.91 Å². The second-order valence-electron chi connectivity index (χ2n) is 6.34. The number of nitrogens with zero attached hydrogens (tertiary/aromatic N) is 2. The first kappa shape index (κ1) is 11.5. The molecule has 1 saturated carbocycles. The first-order valence-electron chi connectivity index (χ1n) is 7.36. The van der Waals surface area contributed by atoms with E-state index >= 15 is 0 Å². The van der Waals surface area contributed by atoms with Gasteiger partial charge in [0.2, 0.25) is 0 Å². The molecule has 0 N–H and O–H groups in total. The van der Waals surface area contributed by atoms with Crippen molar-refractivity contribution in [2.24, 2.45) is 11.8 Å². The van der Waals surface area contributed by atoms with Gasteiger partial charge in [0, 0.05) is 32.2 Å². The molecule has 1 amide bonds. The van der Waals surface area contributed by atoms with Crippen molar-refractivity contribution in [1.29, 1.82) is 0 Å². The van der Waals surface area contributed by atoms with Gasteiger partial charge in [-0.15, -0.1) is 0 Å². The molecule has 0 spiro atoms. The molecule has 1 aromatic heterocycles. The SMILES string of the molecule is O=C(c1ccco1)N1CC2CC(C1)N(CC1CC1)C2. The Kier molecular flexibility index (Phi) is 2.65. The van der Waals surface area contributed by atoms with Crippen molar-refractivity contribution in [2.45, 2.75) is 25.3 Å². The molecule has 1 aromatic rings. The Morgan fingerprint density at radius 3 is 2.95 bits per heavy atom. The molecular weight excluding hydrogens is 240 g/mol. The Morgan fingerprint density at radius 1 is 1.32 bits per heavy atom. The minimum absolute atomic E-state index is 0.0629. The molecule has 3 fully saturated rings. The third kappa shape index (κ3) is 2.18. The number of carbonyl (C=O) groups excluding carboxylic acids is 1. The number of piperidine rings is 1. The van der Waals surface area contributed by atoms with Crippen molar-refractivity contribution >= 4 is 5.91 Å². The van der Waals surface area contributed by atoms with Crippen LogP contribution in [0.1, 0.15) is 29.8 Å². The Balaban J connectivity index is 1.45. The summed E-state index contributed by atoms with van der Waals surface area (Å²) in [5.74, 6) is 2.15. The molecular formula is C15H20N2O2. The van der Waals surface area contributed by atoms with Crippen molar-refractivity contribution in [3.05, 3.63) is 24.2 Å². The molecule has 19 heavy (non-hydrogen) atoms. The van der Waals surface area contributed by atoms with Gasteiger partial charge in [-0.3, -0.25) is 9.69 Å². The van der Waals surface area contributed by atoms with Crippen LogP contribution >= 0.6 is 0 Å². The maximum absolute atomic E-state index is 12.3. The largest absolute Gasteiger partial charge is 0.459 e. The second kappa shape index (κ2) is 4.37. The molecule has 2 unspecified atom stereocenters. The number of likely N-dealkylation sites (tertiary alicyclic amines) is 2. The highest BCUT2D eigenvalue weighted by atomic mass is 16.3. The highest BCUT2D eigenvalue weighted by molar-refractivity contribution is 5.91. The average Bonchev–Trinajstić information content (AvgIpc) is 2.98. The lowest BCUT2D eigenvalue weighted by atomic mass is 10.00.